The van der Waals surface area contributed by atoms with Crippen molar-refractivity contribution < 1.29 is 9.53 Å². The molecule has 0 unspecified atom stereocenters. The number of fused-ring (bicyclic) bond motifs is 2. The molecule has 3 aromatic heterocycles. The van der Waals surface area contributed by atoms with E-state index in [2.05, 4.69) is 61.6 Å². The molecule has 2 aliphatic heterocycles. The number of hydrogen-bond acceptors (Lipinski definition) is 9. The Labute approximate surface area is 220 Å². The molecule has 0 aliphatic carbocycles. The van der Waals surface area contributed by atoms with E-state index in [1.54, 1.807) is 4.68 Å². The van der Waals surface area contributed by atoms with Crippen molar-refractivity contribution in [2.75, 3.05) is 29.9 Å². The van der Waals surface area contributed by atoms with Crippen LogP contribution in [0.15, 0.2) is 47.8 Å². The van der Waals surface area contributed by atoms with Crippen molar-refractivity contribution in [1.82, 2.24) is 35.4 Å². The van der Waals surface area contributed by atoms with Gasteiger partial charge in [0.1, 0.15) is 11.5 Å². The predicted octanol–water partition coefficient (Wildman–Crippen LogP) is 3.32. The average Bonchev–Trinajstić information content (AvgIpc) is 3.55. The summed E-state index contributed by atoms with van der Waals surface area (Å²) in [5, 5.41) is 20.7. The summed E-state index contributed by atoms with van der Waals surface area (Å²) in [6, 6.07) is 9.83. The Morgan fingerprint density at radius 1 is 1.13 bits per heavy atom. The molecule has 38 heavy (non-hydrogen) atoms. The molecule has 196 valence electrons. The van der Waals surface area contributed by atoms with Gasteiger partial charge in [-0.25, -0.2) is 9.67 Å². The number of nitrogens with one attached hydrogen (secondary N) is 1. The van der Waals surface area contributed by atoms with Gasteiger partial charge in [-0.05, 0) is 68.0 Å². The van der Waals surface area contributed by atoms with Crippen LogP contribution in [0.2, 0.25) is 0 Å². The Morgan fingerprint density at radius 2 is 1.92 bits per heavy atom. The second-order valence-corrected chi connectivity index (χ2v) is 10.3. The van der Waals surface area contributed by atoms with Gasteiger partial charge in [0.25, 0.3) is 0 Å². The maximum absolute atomic E-state index is 13.6. The molecule has 1 saturated heterocycles. The Balaban J connectivity index is 1.29. The molecule has 0 spiro atoms. The molecule has 3 atom stereocenters. The number of hydrogen-bond donors (Lipinski definition) is 1. The minimum absolute atomic E-state index is 0.0501. The third kappa shape index (κ3) is 4.12. The summed E-state index contributed by atoms with van der Waals surface area (Å²) in [4.78, 5) is 22.3. The number of morpholine rings is 1. The second kappa shape index (κ2) is 9.32. The van der Waals surface area contributed by atoms with Crippen LogP contribution in [0.4, 0.5) is 11.8 Å². The van der Waals surface area contributed by atoms with E-state index in [1.807, 2.05) is 50.2 Å². The van der Waals surface area contributed by atoms with Crippen LogP contribution >= 0.6 is 0 Å². The van der Waals surface area contributed by atoms with Gasteiger partial charge >= 0.3 is 0 Å². The van der Waals surface area contributed by atoms with Crippen molar-refractivity contribution in [3.8, 4) is 11.3 Å². The molecule has 0 radical (unpaired) electrons. The fourth-order valence-electron chi connectivity index (χ4n) is 5.63. The summed E-state index contributed by atoms with van der Waals surface area (Å²) in [6.07, 6.45) is 2.39. The lowest BCUT2D eigenvalue weighted by atomic mass is 9.94. The first-order chi connectivity index (χ1) is 18.3. The third-order valence-electron chi connectivity index (χ3n) is 7.51. The summed E-state index contributed by atoms with van der Waals surface area (Å²) in [5.74, 6) is 1.59. The van der Waals surface area contributed by atoms with Crippen molar-refractivity contribution in [2.45, 2.75) is 52.4 Å². The van der Waals surface area contributed by atoms with Gasteiger partial charge in [-0.15, -0.1) is 0 Å². The van der Waals surface area contributed by atoms with Gasteiger partial charge in [0, 0.05) is 55.0 Å². The molecule has 1 aromatic carbocycles. The van der Waals surface area contributed by atoms with E-state index in [0.717, 1.165) is 52.3 Å². The SMILES string of the molecule is CC1=C(C(=O)Cc2ccc3[nH]nc(-c4ccnc(N5C[C@@H](C)O[C@@H](C)C5)c4)c3c2)[C@@H](C)n2nnnc2N1C. The fourth-order valence-corrected chi connectivity index (χ4v) is 5.63. The zero-order chi connectivity index (χ0) is 26.6. The lowest BCUT2D eigenvalue weighted by molar-refractivity contribution is -0.115. The highest BCUT2D eigenvalue weighted by atomic mass is 16.5. The monoisotopic (exact) mass is 513 g/mol. The van der Waals surface area contributed by atoms with Gasteiger partial charge in [0.15, 0.2) is 5.78 Å². The van der Waals surface area contributed by atoms with Crippen LogP contribution < -0.4 is 9.80 Å². The Morgan fingerprint density at radius 3 is 2.71 bits per heavy atom. The third-order valence-corrected chi connectivity index (χ3v) is 7.51. The standard InChI is InChI=1S/C27H31N9O2/c1-15-13-35(14-16(2)38-15)24-12-20(8-9-28-24)26-21-10-19(6-7-22(21)29-30-26)11-23(37)25-17(3)34(5)27-31-32-33-36(27)18(25)4/h6-10,12,15-16,18H,11,13-14H2,1-5H3,(H,29,30)/t15-,16+,18-/m1/s1. The molecule has 1 fully saturated rings. The number of allylic oxidation sites excluding steroid dienone is 2. The van der Waals surface area contributed by atoms with Crippen molar-refractivity contribution in [3.63, 3.8) is 0 Å². The number of benzene rings is 1. The fraction of sp³-hybridized carbons (Fsp3) is 0.407. The molecule has 0 amide bonds. The van der Waals surface area contributed by atoms with E-state index < -0.39 is 0 Å². The average molecular weight is 514 g/mol. The number of anilines is 2. The number of ketones is 1. The molecular weight excluding hydrogens is 482 g/mol. The smallest absolute Gasteiger partial charge is 0.250 e. The Bertz CT molecular complexity index is 1540. The minimum Gasteiger partial charge on any atom is -0.372 e. The van der Waals surface area contributed by atoms with E-state index >= 15 is 0 Å². The maximum atomic E-state index is 13.6. The lowest BCUT2D eigenvalue weighted by Crippen LogP contribution is -2.45. The van der Waals surface area contributed by atoms with Gasteiger partial charge in [-0.3, -0.25) is 9.89 Å². The van der Waals surface area contributed by atoms with Gasteiger partial charge in [0.05, 0.1) is 23.8 Å². The maximum Gasteiger partial charge on any atom is 0.250 e. The molecule has 5 heterocycles. The summed E-state index contributed by atoms with van der Waals surface area (Å²) >= 11 is 0. The van der Waals surface area contributed by atoms with Gasteiger partial charge in [-0.1, -0.05) is 11.2 Å². The van der Waals surface area contributed by atoms with E-state index in [-0.39, 0.29) is 30.5 Å². The number of ether oxygens (including phenoxy) is 1. The van der Waals surface area contributed by atoms with Gasteiger partial charge in [0.2, 0.25) is 5.95 Å². The van der Waals surface area contributed by atoms with Crippen molar-refractivity contribution in [1.29, 1.82) is 0 Å². The Kier molecular flexibility index (Phi) is 5.94. The highest BCUT2D eigenvalue weighted by Gasteiger charge is 2.32. The number of tetrazole rings is 1. The van der Waals surface area contributed by atoms with Crippen LogP contribution in [0.5, 0.6) is 0 Å². The number of carbonyl (C=O) groups excluding carboxylic acids is 1. The van der Waals surface area contributed by atoms with Crippen LogP contribution in [0, 0.1) is 0 Å². The molecule has 0 saturated carbocycles. The zero-order valence-corrected chi connectivity index (χ0v) is 22.2. The number of aromatic amines is 1. The number of carbonyl (C=O) groups is 1. The van der Waals surface area contributed by atoms with Crippen LogP contribution in [-0.4, -0.2) is 73.5 Å². The molecule has 11 nitrogen and oxygen atoms in total. The quantitative estimate of drug-likeness (QED) is 0.429. The van der Waals surface area contributed by atoms with Crippen LogP contribution in [0.25, 0.3) is 22.2 Å². The number of rotatable bonds is 5. The summed E-state index contributed by atoms with van der Waals surface area (Å²) in [6.45, 7) is 9.66. The molecule has 1 N–H and O–H groups in total. The number of Topliss-reactive ketones (excluding diaryl/α,β-unsaturated/α-hetero) is 1. The molecule has 2 aliphatic rings. The van der Waals surface area contributed by atoms with Gasteiger partial charge < -0.3 is 14.5 Å². The number of H-pyrrole nitrogens is 1. The van der Waals surface area contributed by atoms with Crippen molar-refractivity contribution in [2.24, 2.45) is 0 Å². The van der Waals surface area contributed by atoms with E-state index in [1.165, 1.54) is 0 Å². The largest absolute Gasteiger partial charge is 0.372 e. The lowest BCUT2D eigenvalue weighted by Gasteiger charge is -2.36. The summed E-state index contributed by atoms with van der Waals surface area (Å²) in [7, 11) is 1.88. The van der Waals surface area contributed by atoms with Crippen molar-refractivity contribution >= 4 is 28.5 Å². The number of pyridine rings is 1. The second-order valence-electron chi connectivity index (χ2n) is 10.3. The molecule has 6 rings (SSSR count). The summed E-state index contributed by atoms with van der Waals surface area (Å²) in [5.41, 5.74) is 5.24. The first kappa shape index (κ1) is 24.2. The van der Waals surface area contributed by atoms with Crippen molar-refractivity contribution in [3.05, 3.63) is 53.4 Å². The first-order valence-electron chi connectivity index (χ1n) is 12.9. The molecule has 11 heteroatoms. The highest BCUT2D eigenvalue weighted by molar-refractivity contribution is 6.00. The number of aromatic nitrogens is 7. The van der Waals surface area contributed by atoms with E-state index in [4.69, 9.17) is 4.74 Å². The normalized spacial score (nSPS) is 21.8. The minimum atomic E-state index is -0.238. The highest BCUT2D eigenvalue weighted by Crippen LogP contribution is 2.34. The van der Waals surface area contributed by atoms with Crippen LogP contribution in [-0.2, 0) is 16.0 Å². The Hall–Kier alpha value is -4.12. The van der Waals surface area contributed by atoms with Crippen LogP contribution in [0.1, 0.15) is 39.3 Å². The zero-order valence-electron chi connectivity index (χ0n) is 22.2. The van der Waals surface area contributed by atoms with Crippen LogP contribution in [0.3, 0.4) is 0 Å². The molecule has 4 aromatic rings. The van der Waals surface area contributed by atoms with E-state index in [0.29, 0.717) is 11.5 Å². The topological polar surface area (TPSA) is 118 Å². The predicted molar refractivity (Wildman–Crippen MR) is 144 cm³/mol. The van der Waals surface area contributed by atoms with E-state index in [9.17, 15) is 4.79 Å². The molecule has 0 bridgehead atoms. The number of nitrogens with zero attached hydrogens (tertiary/aromatic N) is 8. The first-order valence-corrected chi connectivity index (χ1v) is 12.9. The van der Waals surface area contributed by atoms with Gasteiger partial charge in [-0.2, -0.15) is 5.10 Å². The summed E-state index contributed by atoms with van der Waals surface area (Å²) < 4.78 is 7.58. The molecular formula is C27H31N9O2.